The maximum absolute atomic E-state index is 13.6. The number of nitrogens with one attached hydrogen (secondary N) is 1. The van der Waals surface area contributed by atoms with E-state index >= 15 is 0 Å². The Morgan fingerprint density at radius 2 is 1.55 bits per heavy atom. The lowest BCUT2D eigenvalue weighted by Crippen LogP contribution is -2.38. The number of carbonyl (C=O) groups excluding carboxylic acids is 3. The molecule has 0 spiro atoms. The third-order valence-electron chi connectivity index (χ3n) is 5.44. The van der Waals surface area contributed by atoms with Gasteiger partial charge in [0.05, 0.1) is 53.7 Å². The van der Waals surface area contributed by atoms with Crippen molar-refractivity contribution in [2.45, 2.75) is 11.8 Å². The Balaban J connectivity index is 2.04. The zero-order valence-electron chi connectivity index (χ0n) is 21.0. The number of aryl methyl sites for hydroxylation is 1. The van der Waals surface area contributed by atoms with Crippen molar-refractivity contribution in [3.63, 3.8) is 0 Å². The van der Waals surface area contributed by atoms with Crippen LogP contribution in [0.5, 0.6) is 5.75 Å². The quantitative estimate of drug-likeness (QED) is 0.388. The Bertz CT molecular complexity index is 1470. The minimum Gasteiger partial charge on any atom is -0.495 e. The molecule has 38 heavy (non-hydrogen) atoms. The van der Waals surface area contributed by atoms with Gasteiger partial charge in [-0.05, 0) is 55.5 Å². The van der Waals surface area contributed by atoms with Gasteiger partial charge in [-0.15, -0.1) is 0 Å². The lowest BCUT2D eigenvalue weighted by Gasteiger charge is -2.25. The molecular weight excluding hydrogens is 536 g/mol. The van der Waals surface area contributed by atoms with E-state index in [1.54, 1.807) is 12.1 Å². The summed E-state index contributed by atoms with van der Waals surface area (Å²) >= 11 is 6.25. The van der Waals surface area contributed by atoms with E-state index in [0.29, 0.717) is 5.75 Å². The predicted molar refractivity (Wildman–Crippen MR) is 141 cm³/mol. The van der Waals surface area contributed by atoms with E-state index in [1.165, 1.54) is 62.8 Å². The standard InChI is InChI=1S/C26H25ClN2O8S/c1-16-5-9-19(10-6-16)38(33,34)29(18-8-12-23(35-2)21(27)14-18)15-24(30)28-22-13-17(25(31)36-3)7-11-20(22)26(32)37-4/h5-14H,15H2,1-4H3,(H,28,30). The van der Waals surface area contributed by atoms with Crippen LogP contribution in [0.15, 0.2) is 65.6 Å². The molecule has 0 aliphatic heterocycles. The summed E-state index contributed by atoms with van der Waals surface area (Å²) in [6.07, 6.45) is 0. The molecule has 0 aliphatic rings. The molecule has 0 heterocycles. The molecule has 0 aromatic heterocycles. The van der Waals surface area contributed by atoms with Gasteiger partial charge in [-0.3, -0.25) is 9.10 Å². The largest absolute Gasteiger partial charge is 0.495 e. The second kappa shape index (κ2) is 12.0. The number of nitrogens with zero attached hydrogens (tertiary/aromatic N) is 1. The molecule has 0 bridgehead atoms. The summed E-state index contributed by atoms with van der Waals surface area (Å²) in [5.41, 5.74) is 0.894. The third-order valence-corrected chi connectivity index (χ3v) is 7.52. The fourth-order valence-electron chi connectivity index (χ4n) is 3.46. The normalized spacial score (nSPS) is 10.9. The number of hydrogen-bond donors (Lipinski definition) is 1. The van der Waals surface area contributed by atoms with Crippen molar-refractivity contribution in [1.82, 2.24) is 0 Å². The fourth-order valence-corrected chi connectivity index (χ4v) is 5.13. The summed E-state index contributed by atoms with van der Waals surface area (Å²) in [6.45, 7) is 1.12. The van der Waals surface area contributed by atoms with E-state index in [9.17, 15) is 22.8 Å². The highest BCUT2D eigenvalue weighted by Crippen LogP contribution is 2.32. The predicted octanol–water partition coefficient (Wildman–Crippen LogP) is 4.06. The Labute approximate surface area is 225 Å². The van der Waals surface area contributed by atoms with Crippen LogP contribution in [0.25, 0.3) is 0 Å². The number of hydrogen-bond acceptors (Lipinski definition) is 8. The van der Waals surface area contributed by atoms with E-state index in [4.69, 9.17) is 25.8 Å². The number of halogens is 1. The molecule has 10 nitrogen and oxygen atoms in total. The van der Waals surface area contributed by atoms with Gasteiger partial charge in [-0.1, -0.05) is 29.3 Å². The Morgan fingerprint density at radius 1 is 0.895 bits per heavy atom. The first-order chi connectivity index (χ1) is 18.0. The third kappa shape index (κ3) is 6.24. The van der Waals surface area contributed by atoms with E-state index in [-0.39, 0.29) is 32.4 Å². The number of esters is 2. The Morgan fingerprint density at radius 3 is 2.13 bits per heavy atom. The number of ether oxygens (including phenoxy) is 3. The number of anilines is 2. The van der Waals surface area contributed by atoms with Crippen LogP contribution in [0.2, 0.25) is 5.02 Å². The monoisotopic (exact) mass is 560 g/mol. The molecule has 3 aromatic carbocycles. The van der Waals surface area contributed by atoms with E-state index in [1.807, 2.05) is 6.92 Å². The summed E-state index contributed by atoms with van der Waals surface area (Å²) in [7, 11) is -0.489. The maximum atomic E-state index is 13.6. The molecule has 0 saturated carbocycles. The molecule has 1 amide bonds. The van der Waals surface area contributed by atoms with Gasteiger partial charge in [0.2, 0.25) is 5.91 Å². The van der Waals surface area contributed by atoms with Crippen molar-refractivity contribution >= 4 is 50.8 Å². The molecule has 3 rings (SSSR count). The zero-order chi connectivity index (χ0) is 28.0. The van der Waals surface area contributed by atoms with E-state index < -0.39 is 34.4 Å². The second-order valence-corrected chi connectivity index (χ2v) is 10.2. The van der Waals surface area contributed by atoms with Gasteiger partial charge in [0.1, 0.15) is 12.3 Å². The summed E-state index contributed by atoms with van der Waals surface area (Å²) < 4.78 is 42.8. The molecule has 3 aromatic rings. The van der Waals surface area contributed by atoms with Crippen LogP contribution in [0, 0.1) is 6.92 Å². The van der Waals surface area contributed by atoms with Gasteiger partial charge in [0, 0.05) is 0 Å². The van der Waals surface area contributed by atoms with E-state index in [2.05, 4.69) is 5.32 Å². The van der Waals surface area contributed by atoms with Gasteiger partial charge in [0.25, 0.3) is 10.0 Å². The van der Waals surface area contributed by atoms with Crippen LogP contribution in [-0.2, 0) is 24.3 Å². The molecule has 1 N–H and O–H groups in total. The first-order valence-corrected chi connectivity index (χ1v) is 12.9. The first-order valence-electron chi connectivity index (χ1n) is 11.0. The van der Waals surface area contributed by atoms with Crippen LogP contribution in [0.1, 0.15) is 26.3 Å². The Hall–Kier alpha value is -4.09. The van der Waals surface area contributed by atoms with Crippen molar-refractivity contribution in [2.75, 3.05) is 37.5 Å². The summed E-state index contributed by atoms with van der Waals surface area (Å²) in [6, 6.07) is 14.3. The maximum Gasteiger partial charge on any atom is 0.339 e. The minimum atomic E-state index is -4.24. The molecule has 0 fully saturated rings. The van der Waals surface area contributed by atoms with Crippen molar-refractivity contribution < 1.29 is 37.0 Å². The van der Waals surface area contributed by atoms with Crippen LogP contribution in [0.4, 0.5) is 11.4 Å². The molecule has 0 atom stereocenters. The average Bonchev–Trinajstić information content (AvgIpc) is 2.90. The molecular formula is C26H25ClN2O8S. The molecule has 0 radical (unpaired) electrons. The topological polar surface area (TPSA) is 128 Å². The molecule has 0 aliphatic carbocycles. The number of carbonyl (C=O) groups is 3. The first kappa shape index (κ1) is 28.5. The smallest absolute Gasteiger partial charge is 0.339 e. The highest BCUT2D eigenvalue weighted by Gasteiger charge is 2.28. The molecule has 12 heteroatoms. The van der Waals surface area contributed by atoms with Gasteiger partial charge >= 0.3 is 11.9 Å². The van der Waals surface area contributed by atoms with Crippen molar-refractivity contribution in [2.24, 2.45) is 0 Å². The van der Waals surface area contributed by atoms with Crippen LogP contribution in [0.3, 0.4) is 0 Å². The number of benzene rings is 3. The fraction of sp³-hybridized carbons (Fsp3) is 0.192. The Kier molecular flexibility index (Phi) is 8.97. The van der Waals surface area contributed by atoms with E-state index in [0.717, 1.165) is 17.0 Å². The summed E-state index contributed by atoms with van der Waals surface area (Å²) in [4.78, 5) is 37.4. The summed E-state index contributed by atoms with van der Waals surface area (Å²) in [5, 5.41) is 2.64. The zero-order valence-corrected chi connectivity index (χ0v) is 22.6. The highest BCUT2D eigenvalue weighted by molar-refractivity contribution is 7.92. The summed E-state index contributed by atoms with van der Waals surface area (Å²) in [5.74, 6) is -1.97. The lowest BCUT2D eigenvalue weighted by atomic mass is 10.1. The minimum absolute atomic E-state index is 0.0473. The highest BCUT2D eigenvalue weighted by atomic mass is 35.5. The van der Waals surface area contributed by atoms with Gasteiger partial charge in [-0.25, -0.2) is 18.0 Å². The van der Waals surface area contributed by atoms with Crippen LogP contribution in [-0.4, -0.2) is 54.1 Å². The SMILES string of the molecule is COC(=O)c1ccc(C(=O)OC)c(NC(=O)CN(c2ccc(OC)c(Cl)c2)S(=O)(=O)c2ccc(C)cc2)c1. The van der Waals surface area contributed by atoms with Gasteiger partial charge < -0.3 is 19.5 Å². The van der Waals surface area contributed by atoms with Gasteiger partial charge in [0.15, 0.2) is 0 Å². The lowest BCUT2D eigenvalue weighted by molar-refractivity contribution is -0.114. The number of amides is 1. The van der Waals surface area contributed by atoms with Crippen molar-refractivity contribution in [3.05, 3.63) is 82.4 Å². The average molecular weight is 561 g/mol. The molecule has 0 unspecified atom stereocenters. The van der Waals surface area contributed by atoms with Crippen LogP contribution >= 0.6 is 11.6 Å². The van der Waals surface area contributed by atoms with Gasteiger partial charge in [-0.2, -0.15) is 0 Å². The molecule has 200 valence electrons. The van der Waals surface area contributed by atoms with Crippen molar-refractivity contribution in [1.29, 1.82) is 0 Å². The van der Waals surface area contributed by atoms with Crippen LogP contribution < -0.4 is 14.4 Å². The number of sulfonamides is 1. The second-order valence-electron chi connectivity index (χ2n) is 7.94. The number of rotatable bonds is 9. The van der Waals surface area contributed by atoms with Crippen molar-refractivity contribution in [3.8, 4) is 5.75 Å². The number of methoxy groups -OCH3 is 3. The molecule has 0 saturated heterocycles.